The summed E-state index contributed by atoms with van der Waals surface area (Å²) < 4.78 is 5.18. The molecule has 2 saturated heterocycles. The van der Waals surface area contributed by atoms with E-state index in [9.17, 15) is 10.1 Å². The van der Waals surface area contributed by atoms with Gasteiger partial charge in [-0.3, -0.25) is 15.0 Å². The number of hydrogen-bond acceptors (Lipinski definition) is 7. The first kappa shape index (κ1) is 21.4. The molecule has 1 N–H and O–H groups in total. The average Bonchev–Trinajstić information content (AvgIpc) is 2.69. The lowest BCUT2D eigenvalue weighted by molar-refractivity contribution is -0.385. The lowest BCUT2D eigenvalue weighted by Gasteiger charge is -2.42. The summed E-state index contributed by atoms with van der Waals surface area (Å²) in [6.45, 7) is 8.52. The molecule has 1 aromatic rings. The summed E-state index contributed by atoms with van der Waals surface area (Å²) in [6, 6.07) is 5.82. The van der Waals surface area contributed by atoms with Crippen LogP contribution in [0.5, 0.6) is 5.75 Å². The van der Waals surface area contributed by atoms with E-state index in [2.05, 4.69) is 21.7 Å². The van der Waals surface area contributed by atoms with E-state index in [1.807, 2.05) is 6.07 Å². The third kappa shape index (κ3) is 5.79. The van der Waals surface area contributed by atoms with E-state index in [0.29, 0.717) is 11.8 Å². The molecule has 0 atom stereocenters. The fourth-order valence-electron chi connectivity index (χ4n) is 3.69. The minimum Gasteiger partial charge on any atom is -0.490 e. The van der Waals surface area contributed by atoms with E-state index in [0.717, 1.165) is 57.8 Å². The van der Waals surface area contributed by atoms with Gasteiger partial charge in [-0.2, -0.15) is 0 Å². The first-order valence-corrected chi connectivity index (χ1v) is 9.61. The van der Waals surface area contributed by atoms with E-state index < -0.39 is 4.92 Å². The van der Waals surface area contributed by atoms with Crippen molar-refractivity contribution in [2.45, 2.75) is 25.8 Å². The van der Waals surface area contributed by atoms with Gasteiger partial charge in [0.2, 0.25) is 0 Å². The lowest BCUT2D eigenvalue weighted by Crippen LogP contribution is -2.52. The Morgan fingerprint density at radius 2 is 1.78 bits per heavy atom. The Labute approximate surface area is 161 Å². The molecular weight excluding hydrogens is 348 g/mol. The van der Waals surface area contributed by atoms with Crippen LogP contribution in [0.4, 0.5) is 11.4 Å². The van der Waals surface area contributed by atoms with Crippen molar-refractivity contribution < 1.29 is 14.8 Å². The number of aliphatic hydroxyl groups excluding tert-OH is 1. The summed E-state index contributed by atoms with van der Waals surface area (Å²) in [4.78, 5) is 17.9. The summed E-state index contributed by atoms with van der Waals surface area (Å²) in [6.07, 6.45) is 2.28. The zero-order valence-corrected chi connectivity index (χ0v) is 16.6. The van der Waals surface area contributed by atoms with Gasteiger partial charge in [0.05, 0.1) is 12.0 Å². The Morgan fingerprint density at radius 3 is 2.30 bits per heavy atom. The molecule has 27 heavy (non-hydrogen) atoms. The summed E-state index contributed by atoms with van der Waals surface area (Å²) >= 11 is 0. The van der Waals surface area contributed by atoms with Crippen molar-refractivity contribution >= 4 is 11.4 Å². The summed E-state index contributed by atoms with van der Waals surface area (Å²) in [5, 5.41) is 18.6. The van der Waals surface area contributed by atoms with E-state index in [1.165, 1.54) is 7.11 Å². The topological polar surface area (TPSA) is 82.3 Å². The van der Waals surface area contributed by atoms with Gasteiger partial charge in [-0.1, -0.05) is 0 Å². The average molecular weight is 380 g/mol. The van der Waals surface area contributed by atoms with Gasteiger partial charge < -0.3 is 19.6 Å². The highest BCUT2D eigenvalue weighted by Crippen LogP contribution is 2.32. The quantitative estimate of drug-likeness (QED) is 0.630. The van der Waals surface area contributed by atoms with E-state index in [1.54, 1.807) is 19.1 Å². The van der Waals surface area contributed by atoms with Crippen LogP contribution < -0.4 is 9.64 Å². The molecule has 0 bridgehead atoms. The van der Waals surface area contributed by atoms with Crippen LogP contribution in [0.25, 0.3) is 0 Å². The number of nitrogens with zero attached hydrogens (tertiary/aromatic N) is 4. The SMILES string of the molecule is CCO.COc1cc(N2CCC(N3CCN(C)CC3)CC2)ccc1[N+](=O)[O-]. The van der Waals surface area contributed by atoms with Crippen molar-refractivity contribution in [1.29, 1.82) is 0 Å². The van der Waals surface area contributed by atoms with Crippen LogP contribution in [0, 0.1) is 10.1 Å². The molecule has 0 saturated carbocycles. The summed E-state index contributed by atoms with van der Waals surface area (Å²) in [5.41, 5.74) is 1.03. The molecule has 0 unspecified atom stereocenters. The smallest absolute Gasteiger partial charge is 0.311 e. The number of likely N-dealkylation sites (N-methyl/N-ethyl adjacent to an activating group) is 1. The number of rotatable bonds is 4. The number of nitro benzene ring substituents is 1. The van der Waals surface area contributed by atoms with Crippen molar-refractivity contribution in [2.75, 3.05) is 64.9 Å². The standard InChI is InChI=1S/C17H26N4O3.C2H6O/c1-18-9-11-20(12-10-18)14-5-7-19(8-6-14)15-3-4-16(21(22)23)17(13-15)24-2;1-2-3/h3-4,13-14H,5-12H2,1-2H3;3H,2H2,1H3. The van der Waals surface area contributed by atoms with Gasteiger partial charge in [0, 0.05) is 69.7 Å². The molecule has 0 amide bonds. The second kappa shape index (κ2) is 10.4. The first-order valence-electron chi connectivity index (χ1n) is 9.61. The number of benzene rings is 1. The number of aliphatic hydroxyl groups is 1. The minimum absolute atomic E-state index is 0.0218. The van der Waals surface area contributed by atoms with Crippen LogP contribution in [0.15, 0.2) is 18.2 Å². The van der Waals surface area contributed by atoms with Gasteiger partial charge in [0.25, 0.3) is 0 Å². The van der Waals surface area contributed by atoms with Crippen molar-refractivity contribution in [3.8, 4) is 5.75 Å². The van der Waals surface area contributed by atoms with Gasteiger partial charge in [0.1, 0.15) is 0 Å². The molecule has 1 aromatic carbocycles. The third-order valence-electron chi connectivity index (χ3n) is 5.24. The lowest BCUT2D eigenvalue weighted by atomic mass is 10.0. The van der Waals surface area contributed by atoms with Crippen LogP contribution in [0.2, 0.25) is 0 Å². The third-order valence-corrected chi connectivity index (χ3v) is 5.24. The van der Waals surface area contributed by atoms with Crippen molar-refractivity contribution in [1.82, 2.24) is 9.80 Å². The zero-order chi connectivity index (χ0) is 19.8. The highest BCUT2D eigenvalue weighted by molar-refractivity contribution is 5.59. The maximum atomic E-state index is 11.0. The number of piperazine rings is 1. The molecule has 2 fully saturated rings. The number of piperidine rings is 1. The number of methoxy groups -OCH3 is 1. The van der Waals surface area contributed by atoms with E-state index in [-0.39, 0.29) is 12.3 Å². The van der Waals surface area contributed by atoms with Crippen LogP contribution >= 0.6 is 0 Å². The highest BCUT2D eigenvalue weighted by atomic mass is 16.6. The Morgan fingerprint density at radius 1 is 1.19 bits per heavy atom. The number of ether oxygens (including phenoxy) is 1. The predicted molar refractivity (Wildman–Crippen MR) is 107 cm³/mol. The van der Waals surface area contributed by atoms with E-state index >= 15 is 0 Å². The summed E-state index contributed by atoms with van der Waals surface area (Å²) in [7, 11) is 3.66. The zero-order valence-electron chi connectivity index (χ0n) is 16.6. The fraction of sp³-hybridized carbons (Fsp3) is 0.684. The van der Waals surface area contributed by atoms with Gasteiger partial charge in [-0.05, 0) is 32.9 Å². The van der Waals surface area contributed by atoms with Crippen LogP contribution in [-0.4, -0.2) is 85.9 Å². The first-order chi connectivity index (χ1) is 13.0. The number of nitro groups is 1. The Hall–Kier alpha value is -1.90. The molecule has 3 rings (SSSR count). The van der Waals surface area contributed by atoms with Gasteiger partial charge in [0.15, 0.2) is 5.75 Å². The highest BCUT2D eigenvalue weighted by Gasteiger charge is 2.27. The molecule has 0 aromatic heterocycles. The monoisotopic (exact) mass is 380 g/mol. The minimum atomic E-state index is -0.401. The molecule has 0 spiro atoms. The fourth-order valence-corrected chi connectivity index (χ4v) is 3.69. The Bertz CT molecular complexity index is 597. The molecule has 8 nitrogen and oxygen atoms in total. The van der Waals surface area contributed by atoms with Crippen LogP contribution in [0.3, 0.4) is 0 Å². The molecule has 0 radical (unpaired) electrons. The van der Waals surface area contributed by atoms with Crippen LogP contribution in [0.1, 0.15) is 19.8 Å². The molecule has 0 aliphatic carbocycles. The van der Waals surface area contributed by atoms with Crippen molar-refractivity contribution in [3.63, 3.8) is 0 Å². The van der Waals surface area contributed by atoms with Crippen LogP contribution in [-0.2, 0) is 0 Å². The molecule has 8 heteroatoms. The maximum absolute atomic E-state index is 11.0. The number of hydrogen-bond donors (Lipinski definition) is 1. The Kier molecular flexibility index (Phi) is 8.27. The van der Waals surface area contributed by atoms with Gasteiger partial charge in [-0.25, -0.2) is 0 Å². The maximum Gasteiger partial charge on any atom is 0.311 e. The molecule has 2 heterocycles. The van der Waals surface area contributed by atoms with Crippen molar-refractivity contribution in [2.24, 2.45) is 0 Å². The predicted octanol–water partition coefficient (Wildman–Crippen LogP) is 1.82. The van der Waals surface area contributed by atoms with Gasteiger partial charge >= 0.3 is 5.69 Å². The Balaban J connectivity index is 0.000000817. The molecule has 2 aliphatic rings. The molecule has 152 valence electrons. The number of anilines is 1. The second-order valence-electron chi connectivity index (χ2n) is 6.99. The largest absolute Gasteiger partial charge is 0.490 e. The van der Waals surface area contributed by atoms with Crippen molar-refractivity contribution in [3.05, 3.63) is 28.3 Å². The summed E-state index contributed by atoms with van der Waals surface area (Å²) in [5.74, 6) is 0.332. The van der Waals surface area contributed by atoms with E-state index in [4.69, 9.17) is 9.84 Å². The second-order valence-corrected chi connectivity index (χ2v) is 6.99. The van der Waals surface area contributed by atoms with Gasteiger partial charge in [-0.15, -0.1) is 0 Å². The normalized spacial score (nSPS) is 19.3. The molecule has 2 aliphatic heterocycles. The molecular formula is C19H32N4O4.